The first-order valence-corrected chi connectivity index (χ1v) is 7.14. The molecule has 1 aliphatic heterocycles. The van der Waals surface area contributed by atoms with E-state index in [2.05, 4.69) is 0 Å². The van der Waals surface area contributed by atoms with Gasteiger partial charge in [0.2, 0.25) is 5.82 Å². The number of fused-ring (bicyclic) bond motifs is 1. The molecule has 0 unspecified atom stereocenters. The van der Waals surface area contributed by atoms with Crippen LogP contribution in [-0.4, -0.2) is 10.9 Å². The minimum atomic E-state index is -0.884. The van der Waals surface area contributed by atoms with Gasteiger partial charge in [0, 0.05) is 12.1 Å². The highest BCUT2D eigenvalue weighted by Crippen LogP contribution is 2.41. The van der Waals surface area contributed by atoms with Crippen molar-refractivity contribution in [3.63, 3.8) is 0 Å². The molecule has 0 amide bonds. The molecule has 0 atom stereocenters. The maximum absolute atomic E-state index is 13.6. The fraction of sp³-hybridized carbons (Fsp3) is 0.143. The van der Waals surface area contributed by atoms with Gasteiger partial charge in [-0.05, 0) is 17.5 Å². The topological polar surface area (TPSA) is 55.6 Å². The van der Waals surface area contributed by atoms with Crippen molar-refractivity contribution in [2.45, 2.75) is 6.54 Å². The quantitative estimate of drug-likeness (QED) is 0.491. The molecule has 2 aromatic carbocycles. The van der Waals surface area contributed by atoms with Crippen LogP contribution in [0, 0.1) is 15.9 Å². The van der Waals surface area contributed by atoms with Crippen molar-refractivity contribution in [3.8, 4) is 5.75 Å². The maximum Gasteiger partial charge on any atom is 0.307 e. The van der Waals surface area contributed by atoms with Gasteiger partial charge in [0.25, 0.3) is 0 Å². The molecule has 0 fully saturated rings. The largest absolute Gasteiger partial charge is 0.479 e. The zero-order valence-electron chi connectivity index (χ0n) is 10.9. The molecule has 1 heterocycles. The Balaban J connectivity index is 1.97. The van der Waals surface area contributed by atoms with E-state index < -0.39 is 16.4 Å². The van der Waals surface area contributed by atoms with Gasteiger partial charge in [-0.2, -0.15) is 4.39 Å². The molecule has 5 nitrogen and oxygen atoms in total. The Morgan fingerprint density at radius 1 is 1.33 bits per heavy atom. The highest BCUT2D eigenvalue weighted by atomic mass is 32.2. The van der Waals surface area contributed by atoms with Crippen LogP contribution < -0.4 is 9.04 Å². The number of halogens is 1. The number of anilines is 1. The lowest BCUT2D eigenvalue weighted by Gasteiger charge is -2.29. The van der Waals surface area contributed by atoms with Crippen LogP contribution in [0.25, 0.3) is 0 Å². The summed E-state index contributed by atoms with van der Waals surface area (Å²) in [5.41, 5.74) is 1.03. The minimum Gasteiger partial charge on any atom is -0.479 e. The minimum absolute atomic E-state index is 0.327. The number of hydrogen-bond donors (Lipinski definition) is 0. The van der Waals surface area contributed by atoms with Gasteiger partial charge in [0.05, 0.1) is 17.2 Å². The summed E-state index contributed by atoms with van der Waals surface area (Å²) in [4.78, 5) is 10.1. The highest BCUT2D eigenvalue weighted by Gasteiger charge is 2.26. The van der Waals surface area contributed by atoms with Gasteiger partial charge in [-0.25, -0.2) is 0 Å². The summed E-state index contributed by atoms with van der Waals surface area (Å²) < 4.78 is 20.9. The van der Waals surface area contributed by atoms with E-state index >= 15 is 0 Å². The third-order valence-electron chi connectivity index (χ3n) is 3.09. The average Bonchev–Trinajstić information content (AvgIpc) is 2.47. The van der Waals surface area contributed by atoms with Crippen LogP contribution in [0.15, 0.2) is 42.5 Å². The van der Waals surface area contributed by atoms with Crippen molar-refractivity contribution in [2.75, 3.05) is 10.2 Å². The lowest BCUT2D eigenvalue weighted by atomic mass is 10.2. The van der Waals surface area contributed by atoms with E-state index in [0.29, 0.717) is 23.9 Å². The monoisotopic (exact) mass is 306 g/mol. The summed E-state index contributed by atoms with van der Waals surface area (Å²) in [6, 6.07) is 12.0. The van der Waals surface area contributed by atoms with Crippen LogP contribution in [0.1, 0.15) is 5.56 Å². The Hall–Kier alpha value is -2.28. The van der Waals surface area contributed by atoms with E-state index in [-0.39, 0.29) is 0 Å². The zero-order chi connectivity index (χ0) is 14.8. The van der Waals surface area contributed by atoms with Gasteiger partial charge in [0.1, 0.15) is 5.75 Å². The van der Waals surface area contributed by atoms with Crippen molar-refractivity contribution in [1.29, 1.82) is 0 Å². The van der Waals surface area contributed by atoms with E-state index in [1.165, 1.54) is 18.0 Å². The third kappa shape index (κ3) is 2.78. The van der Waals surface area contributed by atoms with Crippen molar-refractivity contribution in [3.05, 3.63) is 64.0 Å². The van der Waals surface area contributed by atoms with Crippen LogP contribution in [0.4, 0.5) is 15.8 Å². The van der Waals surface area contributed by atoms with Crippen molar-refractivity contribution in [1.82, 2.24) is 0 Å². The summed E-state index contributed by atoms with van der Waals surface area (Å²) in [5, 5.41) is 10.9. The molecule has 0 N–H and O–H groups in total. The van der Waals surface area contributed by atoms with Crippen LogP contribution in [0.3, 0.4) is 0 Å². The molecular formula is C14H11FN2O3S. The molecule has 7 heteroatoms. The van der Waals surface area contributed by atoms with E-state index in [1.807, 2.05) is 34.6 Å². The number of rotatable bonds is 3. The first kappa shape index (κ1) is 13.7. The first-order valence-electron chi connectivity index (χ1n) is 6.20. The lowest BCUT2D eigenvalue weighted by molar-refractivity contribution is -0.387. The number of nitro groups is 1. The average molecular weight is 306 g/mol. The number of ether oxygens (including phenoxy) is 1. The molecule has 108 valence electrons. The third-order valence-corrected chi connectivity index (χ3v) is 3.95. The summed E-state index contributed by atoms with van der Waals surface area (Å²) >= 11 is 1.39. The molecular weight excluding hydrogens is 295 g/mol. The van der Waals surface area contributed by atoms with E-state index in [4.69, 9.17) is 4.74 Å². The standard InChI is InChI=1S/C14H11FN2O3S/c15-11-6-14-13(7-12(11)17(18)19)16(21-9-20-14)8-10-4-2-1-3-5-10/h1-7H,8-9H2. The smallest absolute Gasteiger partial charge is 0.307 e. The number of hydrogen-bond acceptors (Lipinski definition) is 5. The molecule has 2 aromatic rings. The van der Waals surface area contributed by atoms with Crippen LogP contribution in [0.5, 0.6) is 5.75 Å². The number of benzene rings is 2. The van der Waals surface area contributed by atoms with Crippen molar-refractivity contribution >= 4 is 23.3 Å². The molecule has 1 aliphatic rings. The molecule has 0 saturated carbocycles. The molecule has 21 heavy (non-hydrogen) atoms. The fourth-order valence-corrected chi connectivity index (χ4v) is 2.92. The predicted octanol–water partition coefficient (Wildman–Crippen LogP) is 3.74. The highest BCUT2D eigenvalue weighted by molar-refractivity contribution is 8.00. The summed E-state index contributed by atoms with van der Waals surface area (Å²) in [7, 11) is 0. The van der Waals surface area contributed by atoms with Crippen molar-refractivity contribution < 1.29 is 14.1 Å². The molecule has 3 rings (SSSR count). The van der Waals surface area contributed by atoms with Crippen LogP contribution >= 0.6 is 11.9 Å². The van der Waals surface area contributed by atoms with E-state index in [9.17, 15) is 14.5 Å². The fourth-order valence-electron chi connectivity index (χ4n) is 2.09. The van der Waals surface area contributed by atoms with Gasteiger partial charge in [-0.3, -0.25) is 10.1 Å². The van der Waals surface area contributed by atoms with Crippen LogP contribution in [-0.2, 0) is 6.54 Å². The Kier molecular flexibility index (Phi) is 3.66. The molecule has 0 saturated heterocycles. The summed E-state index contributed by atoms with van der Waals surface area (Å²) in [6.07, 6.45) is 0. The normalized spacial score (nSPS) is 13.5. The Bertz CT molecular complexity index is 681. The zero-order valence-corrected chi connectivity index (χ0v) is 11.7. The van der Waals surface area contributed by atoms with Gasteiger partial charge >= 0.3 is 5.69 Å². The molecule has 0 aliphatic carbocycles. The van der Waals surface area contributed by atoms with E-state index in [1.54, 1.807) is 0 Å². The van der Waals surface area contributed by atoms with Gasteiger partial charge < -0.3 is 9.04 Å². The van der Waals surface area contributed by atoms with Gasteiger partial charge in [-0.1, -0.05) is 30.3 Å². The molecule has 0 bridgehead atoms. The SMILES string of the molecule is O=[N+]([O-])c1cc2c(cc1F)OCSN2Cc1ccccc1. The first-order chi connectivity index (χ1) is 10.1. The second-order valence-corrected chi connectivity index (χ2v) is 5.38. The predicted molar refractivity (Wildman–Crippen MR) is 78.8 cm³/mol. The lowest BCUT2D eigenvalue weighted by Crippen LogP contribution is -2.21. The second kappa shape index (κ2) is 5.61. The molecule has 0 radical (unpaired) electrons. The Morgan fingerprint density at radius 2 is 2.10 bits per heavy atom. The van der Waals surface area contributed by atoms with Crippen molar-refractivity contribution in [2.24, 2.45) is 0 Å². The van der Waals surface area contributed by atoms with Gasteiger partial charge in [0.15, 0.2) is 5.94 Å². The molecule has 0 spiro atoms. The maximum atomic E-state index is 13.6. The Labute approximate surface area is 124 Å². The number of nitrogens with zero attached hydrogens (tertiary/aromatic N) is 2. The molecule has 0 aromatic heterocycles. The van der Waals surface area contributed by atoms with Crippen LogP contribution in [0.2, 0.25) is 0 Å². The summed E-state index contributed by atoms with van der Waals surface area (Å²) in [5.74, 6) is -0.213. The summed E-state index contributed by atoms with van der Waals surface area (Å²) in [6.45, 7) is 0.560. The van der Waals surface area contributed by atoms with E-state index in [0.717, 1.165) is 11.6 Å². The second-order valence-electron chi connectivity index (χ2n) is 4.44. The van der Waals surface area contributed by atoms with Gasteiger partial charge in [-0.15, -0.1) is 0 Å². The Morgan fingerprint density at radius 3 is 2.81 bits per heavy atom. The number of nitro benzene ring substituents is 1.